The number of fused-ring (bicyclic) bond motifs is 1. The first-order valence-corrected chi connectivity index (χ1v) is 9.98. The van der Waals surface area contributed by atoms with Gasteiger partial charge in [0.2, 0.25) is 0 Å². The van der Waals surface area contributed by atoms with Crippen LogP contribution < -0.4 is 0 Å². The third kappa shape index (κ3) is 2.78. The second-order valence-corrected chi connectivity index (χ2v) is 8.83. The number of Topliss-reactive ketones (excluding diaryl/α,β-unsaturated/α-hetero) is 1. The van der Waals surface area contributed by atoms with Crippen molar-refractivity contribution in [2.75, 3.05) is 0 Å². The summed E-state index contributed by atoms with van der Waals surface area (Å²) in [5.41, 5.74) is -0.247. The third-order valence-corrected chi connectivity index (χ3v) is 7.41. The maximum atomic E-state index is 12.6. The molecule has 6 atom stereocenters. The van der Waals surface area contributed by atoms with E-state index in [2.05, 4.69) is 13.8 Å². The highest BCUT2D eigenvalue weighted by Gasteiger charge is 2.65. The molecule has 3 saturated carbocycles. The molecule has 24 heavy (non-hydrogen) atoms. The number of rotatable bonds is 4. The lowest BCUT2D eigenvalue weighted by molar-refractivity contribution is -0.182. The Kier molecular flexibility index (Phi) is 5.22. The van der Waals surface area contributed by atoms with Gasteiger partial charge >= 0.3 is 0 Å². The summed E-state index contributed by atoms with van der Waals surface area (Å²) < 4.78 is 0. The maximum absolute atomic E-state index is 12.6. The Hall–Kier alpha value is -0.670. The minimum Gasteiger partial charge on any atom is -0.393 e. The van der Waals surface area contributed by atoms with Crippen molar-refractivity contribution >= 4 is 5.78 Å². The van der Waals surface area contributed by atoms with Crippen LogP contribution in [0.2, 0.25) is 0 Å². The topological polar surface area (TPSA) is 57.5 Å². The van der Waals surface area contributed by atoms with Gasteiger partial charge in [-0.2, -0.15) is 0 Å². The second-order valence-electron chi connectivity index (χ2n) is 8.83. The van der Waals surface area contributed by atoms with Crippen LogP contribution in [0.3, 0.4) is 0 Å². The molecule has 3 aliphatic rings. The van der Waals surface area contributed by atoms with E-state index in [1.807, 2.05) is 19.1 Å². The number of hydrogen-bond acceptors (Lipinski definition) is 3. The van der Waals surface area contributed by atoms with Crippen molar-refractivity contribution in [1.82, 2.24) is 0 Å². The van der Waals surface area contributed by atoms with Crippen molar-refractivity contribution in [2.45, 2.75) is 77.9 Å². The summed E-state index contributed by atoms with van der Waals surface area (Å²) in [4.78, 5) is 12.6. The molecule has 0 bridgehead atoms. The molecule has 1 unspecified atom stereocenters. The lowest BCUT2D eigenvalue weighted by Gasteiger charge is -2.61. The number of aliphatic hydroxyl groups is 2. The molecule has 0 heterocycles. The molecule has 0 radical (unpaired) electrons. The highest BCUT2D eigenvalue weighted by atomic mass is 16.3. The summed E-state index contributed by atoms with van der Waals surface area (Å²) in [5, 5.41) is 21.1. The van der Waals surface area contributed by atoms with E-state index in [4.69, 9.17) is 0 Å². The number of carbonyl (C=O) groups excluding carboxylic acids is 1. The van der Waals surface area contributed by atoms with Crippen LogP contribution in [0.15, 0.2) is 12.2 Å². The van der Waals surface area contributed by atoms with Gasteiger partial charge in [0.05, 0.1) is 12.2 Å². The Morgan fingerprint density at radius 2 is 1.83 bits per heavy atom. The van der Waals surface area contributed by atoms with Crippen molar-refractivity contribution in [3.05, 3.63) is 12.2 Å². The van der Waals surface area contributed by atoms with E-state index in [-0.39, 0.29) is 29.3 Å². The van der Waals surface area contributed by atoms with Gasteiger partial charge in [-0.15, -0.1) is 0 Å². The number of carbonyl (C=O) groups is 1. The minimum atomic E-state index is -0.404. The van der Waals surface area contributed by atoms with Gasteiger partial charge in [-0.25, -0.2) is 0 Å². The molecule has 3 heteroatoms. The van der Waals surface area contributed by atoms with E-state index >= 15 is 0 Å². The molecule has 0 aromatic heterocycles. The number of ketones is 1. The quantitative estimate of drug-likeness (QED) is 0.770. The van der Waals surface area contributed by atoms with Gasteiger partial charge < -0.3 is 10.2 Å². The van der Waals surface area contributed by atoms with Crippen LogP contribution in [0.25, 0.3) is 0 Å². The molecule has 0 amide bonds. The highest BCUT2D eigenvalue weighted by Crippen LogP contribution is 2.62. The van der Waals surface area contributed by atoms with E-state index in [1.165, 1.54) is 19.3 Å². The lowest BCUT2D eigenvalue weighted by Crippen LogP contribution is -2.65. The zero-order valence-electron chi connectivity index (χ0n) is 15.4. The summed E-state index contributed by atoms with van der Waals surface area (Å²) in [7, 11) is 0. The standard InChI is InChI=1S/C21H34O3/c1-13(2)21-12-11-18(23)16(19(21)14(3)20(21)24)9-10-17(22)15-7-5-4-6-8-15/h9-10,13-19,22-23H,4-8,11-12H2,1-3H3/t14?,16-,17+,18+,19+,21+/m0/s1. The fourth-order valence-electron chi connectivity index (χ4n) is 5.97. The normalized spacial score (nSPS) is 42.2. The minimum absolute atomic E-state index is 0.00657. The molecule has 136 valence electrons. The summed E-state index contributed by atoms with van der Waals surface area (Å²) in [6.45, 7) is 6.31. The van der Waals surface area contributed by atoms with Gasteiger partial charge in [0.15, 0.2) is 0 Å². The van der Waals surface area contributed by atoms with Crippen LogP contribution in [0.5, 0.6) is 0 Å². The Balaban J connectivity index is 1.75. The molecule has 3 nitrogen and oxygen atoms in total. The molecule has 3 rings (SSSR count). The predicted octanol–water partition coefficient (Wildman–Crippen LogP) is 3.73. The van der Waals surface area contributed by atoms with Crippen LogP contribution in [0.4, 0.5) is 0 Å². The highest BCUT2D eigenvalue weighted by molar-refractivity contribution is 5.94. The van der Waals surface area contributed by atoms with E-state index in [1.54, 1.807) is 0 Å². The monoisotopic (exact) mass is 334 g/mol. The average Bonchev–Trinajstić information content (AvgIpc) is 2.59. The van der Waals surface area contributed by atoms with E-state index in [0.717, 1.165) is 19.3 Å². The molecule has 3 aliphatic carbocycles. The van der Waals surface area contributed by atoms with Gasteiger partial charge in [-0.1, -0.05) is 52.2 Å². The SMILES string of the molecule is CC1C(=O)[C@@]2(C(C)C)CC[C@@H](O)[C@H](C=C[C@@H](O)C3CCCCC3)[C@@H]12. The van der Waals surface area contributed by atoms with Gasteiger partial charge in [-0.3, -0.25) is 4.79 Å². The summed E-state index contributed by atoms with van der Waals surface area (Å²) in [5.74, 6) is 1.34. The van der Waals surface area contributed by atoms with Crippen molar-refractivity contribution < 1.29 is 15.0 Å². The Morgan fingerprint density at radius 1 is 1.17 bits per heavy atom. The number of hydrogen-bond donors (Lipinski definition) is 2. The molecule has 0 saturated heterocycles. The predicted molar refractivity (Wildman–Crippen MR) is 95.4 cm³/mol. The van der Waals surface area contributed by atoms with Gasteiger partial charge in [-0.05, 0) is 43.4 Å². The van der Waals surface area contributed by atoms with Crippen LogP contribution in [-0.2, 0) is 4.79 Å². The first-order chi connectivity index (χ1) is 11.4. The van der Waals surface area contributed by atoms with Gasteiger partial charge in [0.25, 0.3) is 0 Å². The van der Waals surface area contributed by atoms with E-state index in [0.29, 0.717) is 24.0 Å². The van der Waals surface area contributed by atoms with Crippen molar-refractivity contribution in [2.24, 2.45) is 35.0 Å². The third-order valence-electron chi connectivity index (χ3n) is 7.41. The zero-order valence-corrected chi connectivity index (χ0v) is 15.4. The summed E-state index contributed by atoms with van der Waals surface area (Å²) in [6, 6.07) is 0. The molecule has 0 aromatic carbocycles. The van der Waals surface area contributed by atoms with Crippen molar-refractivity contribution in [3.63, 3.8) is 0 Å². The Morgan fingerprint density at radius 3 is 2.46 bits per heavy atom. The molecule has 0 aliphatic heterocycles. The number of aliphatic hydroxyl groups excluding tert-OH is 2. The van der Waals surface area contributed by atoms with Crippen LogP contribution in [0.1, 0.15) is 65.7 Å². The first-order valence-electron chi connectivity index (χ1n) is 9.98. The fourth-order valence-corrected chi connectivity index (χ4v) is 5.97. The Labute approximate surface area is 146 Å². The second kappa shape index (κ2) is 6.92. The van der Waals surface area contributed by atoms with Gasteiger partial charge in [0.1, 0.15) is 5.78 Å². The van der Waals surface area contributed by atoms with E-state index in [9.17, 15) is 15.0 Å². The first kappa shape index (κ1) is 18.1. The molecule has 0 aromatic rings. The largest absolute Gasteiger partial charge is 0.393 e. The maximum Gasteiger partial charge on any atom is 0.142 e. The summed E-state index contributed by atoms with van der Waals surface area (Å²) in [6.07, 6.45) is 10.6. The molecule has 0 spiro atoms. The molecular formula is C21H34O3. The van der Waals surface area contributed by atoms with E-state index < -0.39 is 6.10 Å². The zero-order chi connectivity index (χ0) is 17.5. The molecule has 2 N–H and O–H groups in total. The van der Waals surface area contributed by atoms with Crippen LogP contribution >= 0.6 is 0 Å². The van der Waals surface area contributed by atoms with Crippen molar-refractivity contribution in [1.29, 1.82) is 0 Å². The Bertz CT molecular complexity index is 491. The lowest BCUT2D eigenvalue weighted by atomic mass is 9.41. The van der Waals surface area contributed by atoms with Crippen molar-refractivity contribution in [3.8, 4) is 0 Å². The van der Waals surface area contributed by atoms with Crippen LogP contribution in [-0.4, -0.2) is 28.2 Å². The molecular weight excluding hydrogens is 300 g/mol. The fraction of sp³-hybridized carbons (Fsp3) is 0.857. The molecule has 3 fully saturated rings. The smallest absolute Gasteiger partial charge is 0.142 e. The van der Waals surface area contributed by atoms with Crippen LogP contribution in [0, 0.1) is 35.0 Å². The average molecular weight is 335 g/mol. The summed E-state index contributed by atoms with van der Waals surface area (Å²) >= 11 is 0. The van der Waals surface area contributed by atoms with Gasteiger partial charge in [0, 0.05) is 17.3 Å².